The van der Waals surface area contributed by atoms with Crippen LogP contribution in [0.4, 0.5) is 4.39 Å². The van der Waals surface area contributed by atoms with E-state index in [1.54, 1.807) is 27.7 Å². The number of benzene rings is 1. The molecule has 140 valence electrons. The van der Waals surface area contributed by atoms with Gasteiger partial charge in [0.2, 0.25) is 5.91 Å². The van der Waals surface area contributed by atoms with E-state index in [4.69, 9.17) is 0 Å². The molecular weight excluding hydrogens is 355 g/mol. The van der Waals surface area contributed by atoms with Gasteiger partial charge in [-0.15, -0.1) is 5.10 Å². The zero-order chi connectivity index (χ0) is 18.5. The minimum absolute atomic E-state index is 0.0572. The van der Waals surface area contributed by atoms with Gasteiger partial charge in [0.05, 0.1) is 5.75 Å². The highest BCUT2D eigenvalue weighted by molar-refractivity contribution is 7.99. The molecule has 0 unspecified atom stereocenters. The molecule has 8 heteroatoms. The van der Waals surface area contributed by atoms with Crippen LogP contribution in [0.15, 0.2) is 34.2 Å². The molecule has 1 N–H and O–H groups in total. The highest BCUT2D eigenvalue weighted by Gasteiger charge is 2.33. The number of hydrogen-bond donors (Lipinski definition) is 1. The van der Waals surface area contributed by atoms with Crippen LogP contribution in [0, 0.1) is 5.82 Å². The van der Waals surface area contributed by atoms with E-state index in [0.29, 0.717) is 17.3 Å². The zero-order valence-corrected chi connectivity index (χ0v) is 15.6. The van der Waals surface area contributed by atoms with E-state index in [1.165, 1.54) is 17.8 Å². The molecule has 0 atom stereocenters. The van der Waals surface area contributed by atoms with Crippen molar-refractivity contribution in [1.29, 1.82) is 0 Å². The van der Waals surface area contributed by atoms with Crippen LogP contribution in [0.2, 0.25) is 0 Å². The average Bonchev–Trinajstić information content (AvgIpc) is 3.41. The third-order valence-electron chi connectivity index (χ3n) is 4.39. The summed E-state index contributed by atoms with van der Waals surface area (Å²) in [7, 11) is 0. The first-order valence-corrected chi connectivity index (χ1v) is 9.89. The first-order valence-electron chi connectivity index (χ1n) is 8.91. The number of aromatic amines is 1. The molecule has 6 nitrogen and oxygen atoms in total. The Bertz CT molecular complexity index is 816. The molecule has 0 aliphatic heterocycles. The largest absolute Gasteiger partial charge is 0.343 e. The molecule has 1 amide bonds. The predicted octanol–water partition coefficient (Wildman–Crippen LogP) is 2.79. The molecule has 26 heavy (non-hydrogen) atoms. The van der Waals surface area contributed by atoms with Crippen molar-refractivity contribution in [3.8, 4) is 0 Å². The van der Waals surface area contributed by atoms with Crippen LogP contribution >= 0.6 is 11.8 Å². The van der Waals surface area contributed by atoms with Gasteiger partial charge in [0, 0.05) is 24.7 Å². The van der Waals surface area contributed by atoms with E-state index in [0.717, 1.165) is 25.7 Å². The van der Waals surface area contributed by atoms with Crippen molar-refractivity contribution in [1.82, 2.24) is 19.7 Å². The molecule has 0 spiro atoms. The lowest BCUT2D eigenvalue weighted by Gasteiger charge is -2.22. The minimum Gasteiger partial charge on any atom is -0.335 e. The van der Waals surface area contributed by atoms with Crippen LogP contribution in [0.3, 0.4) is 0 Å². The normalized spacial score (nSPS) is 13.8. The van der Waals surface area contributed by atoms with Gasteiger partial charge in [-0.1, -0.05) is 43.3 Å². The van der Waals surface area contributed by atoms with Crippen LogP contribution in [0.25, 0.3) is 0 Å². The summed E-state index contributed by atoms with van der Waals surface area (Å²) in [4.78, 5) is 26.3. The highest BCUT2D eigenvalue weighted by atomic mass is 32.2. The van der Waals surface area contributed by atoms with Crippen LogP contribution in [0.1, 0.15) is 38.2 Å². The van der Waals surface area contributed by atoms with Gasteiger partial charge in [0.15, 0.2) is 5.16 Å². The number of hydrogen-bond acceptors (Lipinski definition) is 4. The van der Waals surface area contributed by atoms with E-state index in [2.05, 4.69) is 17.1 Å². The Morgan fingerprint density at radius 2 is 2.19 bits per heavy atom. The third kappa shape index (κ3) is 4.55. The number of thioether (sulfide) groups is 1. The van der Waals surface area contributed by atoms with Crippen molar-refractivity contribution in [2.75, 3.05) is 5.75 Å². The van der Waals surface area contributed by atoms with Gasteiger partial charge in [-0.25, -0.2) is 14.3 Å². The van der Waals surface area contributed by atoms with Crippen molar-refractivity contribution >= 4 is 17.7 Å². The van der Waals surface area contributed by atoms with Crippen molar-refractivity contribution in [3.05, 3.63) is 46.1 Å². The fourth-order valence-corrected chi connectivity index (χ4v) is 3.61. The van der Waals surface area contributed by atoms with E-state index in [1.807, 2.05) is 0 Å². The maximum Gasteiger partial charge on any atom is 0.343 e. The molecule has 0 radical (unpaired) electrons. The smallest absolute Gasteiger partial charge is 0.335 e. The summed E-state index contributed by atoms with van der Waals surface area (Å²) in [5.41, 5.74) is 0.274. The van der Waals surface area contributed by atoms with E-state index in [9.17, 15) is 14.0 Å². The number of halogens is 1. The number of amides is 1. The fraction of sp³-hybridized carbons (Fsp3) is 0.500. The molecule has 1 aromatic carbocycles. The van der Waals surface area contributed by atoms with Gasteiger partial charge in [-0.3, -0.25) is 9.36 Å². The number of nitrogens with one attached hydrogen (secondary N) is 1. The van der Waals surface area contributed by atoms with E-state index in [-0.39, 0.29) is 35.8 Å². The molecule has 1 aliphatic carbocycles. The van der Waals surface area contributed by atoms with Crippen LogP contribution in [0.5, 0.6) is 0 Å². The molecule has 1 fully saturated rings. The van der Waals surface area contributed by atoms with Crippen molar-refractivity contribution < 1.29 is 9.18 Å². The van der Waals surface area contributed by atoms with Crippen LogP contribution in [-0.2, 0) is 17.9 Å². The van der Waals surface area contributed by atoms with E-state index >= 15 is 0 Å². The number of H-pyrrole nitrogens is 1. The molecule has 1 saturated carbocycles. The lowest BCUT2D eigenvalue weighted by molar-refractivity contribution is -0.129. The summed E-state index contributed by atoms with van der Waals surface area (Å²) in [6.45, 7) is 2.92. The van der Waals surface area contributed by atoms with E-state index < -0.39 is 0 Å². The Morgan fingerprint density at radius 3 is 2.88 bits per heavy atom. The second-order valence-corrected chi connectivity index (χ2v) is 7.39. The van der Waals surface area contributed by atoms with Gasteiger partial charge in [-0.05, 0) is 25.3 Å². The Hall–Kier alpha value is -2.09. The Balaban J connectivity index is 1.64. The second kappa shape index (κ2) is 8.53. The van der Waals surface area contributed by atoms with Gasteiger partial charge in [0.1, 0.15) is 5.82 Å². The number of rotatable bonds is 9. The number of aromatic nitrogens is 3. The molecule has 3 rings (SSSR count). The van der Waals surface area contributed by atoms with Crippen molar-refractivity contribution in [2.24, 2.45) is 0 Å². The predicted molar refractivity (Wildman–Crippen MR) is 98.5 cm³/mol. The molecule has 2 aromatic rings. The lowest BCUT2D eigenvalue weighted by Crippen LogP contribution is -2.34. The number of unbranched alkanes of at least 4 members (excludes halogenated alkanes) is 1. The van der Waals surface area contributed by atoms with Gasteiger partial charge in [-0.2, -0.15) is 0 Å². The first kappa shape index (κ1) is 18.7. The summed E-state index contributed by atoms with van der Waals surface area (Å²) in [5.74, 6) is -0.168. The molecule has 0 bridgehead atoms. The molecule has 0 saturated heterocycles. The number of carbonyl (C=O) groups is 1. The lowest BCUT2D eigenvalue weighted by atomic mass is 10.2. The first-order chi connectivity index (χ1) is 12.6. The summed E-state index contributed by atoms with van der Waals surface area (Å²) in [6, 6.07) is 6.73. The van der Waals surface area contributed by atoms with Crippen LogP contribution < -0.4 is 5.69 Å². The van der Waals surface area contributed by atoms with Crippen LogP contribution in [-0.4, -0.2) is 37.4 Å². The van der Waals surface area contributed by atoms with Gasteiger partial charge < -0.3 is 4.90 Å². The van der Waals surface area contributed by atoms with Crippen molar-refractivity contribution in [2.45, 2.75) is 56.9 Å². The zero-order valence-electron chi connectivity index (χ0n) is 14.8. The quantitative estimate of drug-likeness (QED) is 0.681. The third-order valence-corrected chi connectivity index (χ3v) is 5.35. The highest BCUT2D eigenvalue weighted by Crippen LogP contribution is 2.30. The second-order valence-electron chi connectivity index (χ2n) is 6.45. The molecule has 1 aliphatic rings. The molecule has 1 aromatic heterocycles. The van der Waals surface area contributed by atoms with Gasteiger partial charge >= 0.3 is 5.69 Å². The topological polar surface area (TPSA) is 71.0 Å². The summed E-state index contributed by atoms with van der Waals surface area (Å²) in [5, 5.41) is 6.99. The number of carbonyl (C=O) groups excluding carboxylic acids is 1. The Morgan fingerprint density at radius 1 is 1.42 bits per heavy atom. The maximum atomic E-state index is 13.9. The number of nitrogens with zero attached hydrogens (tertiary/aromatic N) is 3. The van der Waals surface area contributed by atoms with Gasteiger partial charge in [0.25, 0.3) is 0 Å². The van der Waals surface area contributed by atoms with Crippen molar-refractivity contribution in [3.63, 3.8) is 0 Å². The summed E-state index contributed by atoms with van der Waals surface area (Å²) >= 11 is 1.25. The Labute approximate surface area is 155 Å². The maximum absolute atomic E-state index is 13.9. The average molecular weight is 378 g/mol. The SMILES string of the molecule is CCCCn1c(SCC(=O)N(Cc2ccccc2F)C2CC2)n[nH]c1=O. The Kier molecular flexibility index (Phi) is 6.13. The summed E-state index contributed by atoms with van der Waals surface area (Å²) < 4.78 is 15.5. The summed E-state index contributed by atoms with van der Waals surface area (Å²) in [6.07, 6.45) is 3.75. The standard InChI is InChI=1S/C18H23FN4O2S/c1-2-3-10-22-17(25)20-21-18(22)26-12-16(24)23(14-8-9-14)11-13-6-4-5-7-15(13)19/h4-7,14H,2-3,8-12H2,1H3,(H,20,25). The molecular formula is C18H23FN4O2S. The monoisotopic (exact) mass is 378 g/mol. The minimum atomic E-state index is -0.292. The molecule has 1 heterocycles. The fourth-order valence-electron chi connectivity index (χ4n) is 2.75.